The Kier molecular flexibility index (Phi) is 2.85. The average Bonchev–Trinajstić information content (AvgIpc) is 3.30. The van der Waals surface area contributed by atoms with E-state index in [4.69, 9.17) is 21.8 Å². The van der Waals surface area contributed by atoms with Crippen LogP contribution in [-0.4, -0.2) is 11.8 Å². The molecule has 2 aromatic rings. The molecular formula is C17H12N4O2. The van der Waals surface area contributed by atoms with Crippen molar-refractivity contribution in [3.8, 4) is 28.7 Å². The summed E-state index contributed by atoms with van der Waals surface area (Å²) in [6, 6.07) is 7.59. The zero-order chi connectivity index (χ0) is 16.0. The van der Waals surface area contributed by atoms with E-state index >= 15 is 0 Å². The lowest BCUT2D eigenvalue weighted by Crippen LogP contribution is -2.02. The fraction of sp³-hybridized carbons (Fsp3) is 0.235. The SMILES string of the molecule is [C-]#[N+]c1c(N)nc(C2CC2)c(C#N)c1-c1ccc2c(c1)OCO2. The molecule has 2 N–H and O–H groups in total. The highest BCUT2D eigenvalue weighted by Crippen LogP contribution is 2.48. The van der Waals surface area contributed by atoms with Gasteiger partial charge in [0.05, 0.1) is 17.8 Å². The van der Waals surface area contributed by atoms with Crippen LogP contribution in [-0.2, 0) is 0 Å². The Bertz CT molecular complexity index is 904. The Morgan fingerprint density at radius 1 is 1.30 bits per heavy atom. The topological polar surface area (TPSA) is 85.5 Å². The molecule has 23 heavy (non-hydrogen) atoms. The van der Waals surface area contributed by atoms with Gasteiger partial charge < -0.3 is 15.2 Å². The smallest absolute Gasteiger partial charge is 0.236 e. The van der Waals surface area contributed by atoms with Crippen LogP contribution in [0.4, 0.5) is 11.5 Å². The van der Waals surface area contributed by atoms with Crippen LogP contribution in [0, 0.1) is 17.9 Å². The van der Waals surface area contributed by atoms with Gasteiger partial charge in [-0.05, 0) is 30.5 Å². The van der Waals surface area contributed by atoms with E-state index in [1.807, 2.05) is 6.07 Å². The highest BCUT2D eigenvalue weighted by molar-refractivity contribution is 5.90. The van der Waals surface area contributed by atoms with Crippen molar-refractivity contribution in [3.63, 3.8) is 0 Å². The average molecular weight is 304 g/mol. The number of nitriles is 1. The van der Waals surface area contributed by atoms with Crippen LogP contribution in [0.2, 0.25) is 0 Å². The number of fused-ring (bicyclic) bond motifs is 1. The van der Waals surface area contributed by atoms with E-state index in [2.05, 4.69) is 15.9 Å². The number of ether oxygens (including phenoxy) is 2. The minimum Gasteiger partial charge on any atom is -0.454 e. The van der Waals surface area contributed by atoms with Crippen molar-refractivity contribution in [3.05, 3.63) is 40.9 Å². The lowest BCUT2D eigenvalue weighted by atomic mass is 9.95. The fourth-order valence-electron chi connectivity index (χ4n) is 2.82. The molecule has 1 aliphatic carbocycles. The summed E-state index contributed by atoms with van der Waals surface area (Å²) in [5.74, 6) is 1.69. The Morgan fingerprint density at radius 2 is 2.09 bits per heavy atom. The normalized spacial score (nSPS) is 15.0. The van der Waals surface area contributed by atoms with Crippen LogP contribution in [0.5, 0.6) is 11.5 Å². The van der Waals surface area contributed by atoms with Crippen molar-refractivity contribution < 1.29 is 9.47 Å². The van der Waals surface area contributed by atoms with Gasteiger partial charge in [-0.25, -0.2) is 9.83 Å². The minimum atomic E-state index is 0.172. The van der Waals surface area contributed by atoms with E-state index in [9.17, 15) is 5.26 Å². The number of anilines is 1. The molecule has 6 nitrogen and oxygen atoms in total. The molecule has 0 atom stereocenters. The highest BCUT2D eigenvalue weighted by Gasteiger charge is 2.31. The van der Waals surface area contributed by atoms with Crippen molar-refractivity contribution in [1.82, 2.24) is 4.98 Å². The molecule has 0 bridgehead atoms. The second kappa shape index (κ2) is 4.89. The molecule has 1 fully saturated rings. The van der Waals surface area contributed by atoms with Gasteiger partial charge in [0, 0.05) is 11.5 Å². The van der Waals surface area contributed by atoms with Gasteiger partial charge in [0.1, 0.15) is 11.9 Å². The summed E-state index contributed by atoms with van der Waals surface area (Å²) in [5, 5.41) is 9.65. The van der Waals surface area contributed by atoms with Gasteiger partial charge in [-0.15, -0.1) is 0 Å². The summed E-state index contributed by atoms with van der Waals surface area (Å²) >= 11 is 0. The lowest BCUT2D eigenvalue weighted by Gasteiger charge is -2.13. The minimum absolute atomic E-state index is 0.172. The van der Waals surface area contributed by atoms with Gasteiger partial charge in [-0.2, -0.15) is 5.26 Å². The molecule has 1 saturated carbocycles. The second-order valence-electron chi connectivity index (χ2n) is 5.55. The number of nitrogens with zero attached hydrogens (tertiary/aromatic N) is 3. The van der Waals surface area contributed by atoms with Gasteiger partial charge >= 0.3 is 0 Å². The molecule has 0 spiro atoms. The number of aromatic nitrogens is 1. The lowest BCUT2D eigenvalue weighted by molar-refractivity contribution is 0.174. The maximum Gasteiger partial charge on any atom is 0.236 e. The maximum absolute atomic E-state index is 9.65. The largest absolute Gasteiger partial charge is 0.454 e. The van der Waals surface area contributed by atoms with Crippen molar-refractivity contribution in [2.45, 2.75) is 18.8 Å². The van der Waals surface area contributed by atoms with Crippen LogP contribution in [0.3, 0.4) is 0 Å². The standard InChI is InChI=1S/C17H12N4O2/c1-20-16-14(10-4-5-12-13(6-10)23-8-22-12)11(7-18)15(9-2-3-9)21-17(16)19/h4-6,9H,2-3,8H2,(H2,19,21). The summed E-state index contributed by atoms with van der Waals surface area (Å²) in [6.07, 6.45) is 2.00. The van der Waals surface area contributed by atoms with E-state index in [0.717, 1.165) is 12.8 Å². The third-order valence-electron chi connectivity index (χ3n) is 4.08. The first kappa shape index (κ1) is 13.4. The number of hydrogen-bond donors (Lipinski definition) is 1. The number of rotatable bonds is 2. The van der Waals surface area contributed by atoms with E-state index in [1.165, 1.54) is 0 Å². The zero-order valence-electron chi connectivity index (χ0n) is 12.2. The molecule has 112 valence electrons. The van der Waals surface area contributed by atoms with Crippen molar-refractivity contribution in [1.29, 1.82) is 5.26 Å². The molecule has 0 amide bonds. The summed E-state index contributed by atoms with van der Waals surface area (Å²) in [7, 11) is 0. The van der Waals surface area contributed by atoms with Crippen LogP contribution < -0.4 is 15.2 Å². The second-order valence-corrected chi connectivity index (χ2v) is 5.55. The first-order valence-corrected chi connectivity index (χ1v) is 7.24. The molecule has 0 unspecified atom stereocenters. The Morgan fingerprint density at radius 3 is 2.78 bits per heavy atom. The molecule has 1 aromatic heterocycles. The van der Waals surface area contributed by atoms with Crippen molar-refractivity contribution >= 4 is 11.5 Å². The van der Waals surface area contributed by atoms with Gasteiger partial charge in [0.15, 0.2) is 11.5 Å². The summed E-state index contributed by atoms with van der Waals surface area (Å²) in [5.41, 5.74) is 8.58. The molecule has 4 rings (SSSR count). The molecule has 2 heterocycles. The van der Waals surface area contributed by atoms with Crippen LogP contribution in [0.15, 0.2) is 18.2 Å². The third kappa shape index (κ3) is 2.04. The Balaban J connectivity index is 2.00. The molecule has 0 saturated heterocycles. The number of hydrogen-bond acceptors (Lipinski definition) is 5. The van der Waals surface area contributed by atoms with Crippen molar-refractivity contribution in [2.24, 2.45) is 0 Å². The molecule has 6 heteroatoms. The Hall–Kier alpha value is -3.25. The number of nitrogen functional groups attached to an aromatic ring is 1. The molecular weight excluding hydrogens is 292 g/mol. The van der Waals surface area contributed by atoms with Crippen molar-refractivity contribution in [2.75, 3.05) is 12.5 Å². The molecule has 2 aliphatic rings. The third-order valence-corrected chi connectivity index (χ3v) is 4.08. The Labute approximate surface area is 132 Å². The summed E-state index contributed by atoms with van der Waals surface area (Å²) in [4.78, 5) is 7.83. The molecule has 1 aromatic carbocycles. The maximum atomic E-state index is 9.65. The van der Waals surface area contributed by atoms with E-state index < -0.39 is 0 Å². The number of benzene rings is 1. The number of pyridine rings is 1. The van der Waals surface area contributed by atoms with Gasteiger partial charge in [-0.3, -0.25) is 0 Å². The number of nitrogens with two attached hydrogens (primary N) is 1. The zero-order valence-corrected chi connectivity index (χ0v) is 12.2. The van der Waals surface area contributed by atoms with E-state index in [-0.39, 0.29) is 24.2 Å². The summed E-state index contributed by atoms with van der Waals surface area (Å²) in [6.45, 7) is 7.60. The fourth-order valence-corrected chi connectivity index (χ4v) is 2.82. The quantitative estimate of drug-likeness (QED) is 0.860. The molecule has 0 radical (unpaired) electrons. The predicted octanol–water partition coefficient (Wildman–Crippen LogP) is 3.36. The highest BCUT2D eigenvalue weighted by atomic mass is 16.7. The predicted molar refractivity (Wildman–Crippen MR) is 83.2 cm³/mol. The summed E-state index contributed by atoms with van der Waals surface area (Å²) < 4.78 is 10.7. The van der Waals surface area contributed by atoms with E-state index in [1.54, 1.807) is 12.1 Å². The van der Waals surface area contributed by atoms with Crippen LogP contribution in [0.25, 0.3) is 16.0 Å². The monoisotopic (exact) mass is 304 g/mol. The molecule has 1 aliphatic heterocycles. The van der Waals surface area contributed by atoms with Gasteiger partial charge in [-0.1, -0.05) is 6.07 Å². The first-order valence-electron chi connectivity index (χ1n) is 7.24. The van der Waals surface area contributed by atoms with Crippen LogP contribution in [0.1, 0.15) is 30.0 Å². The first-order chi connectivity index (χ1) is 11.2. The van der Waals surface area contributed by atoms with Gasteiger partial charge in [0.25, 0.3) is 0 Å². The van der Waals surface area contributed by atoms with Gasteiger partial charge in [0.2, 0.25) is 12.5 Å². The van der Waals surface area contributed by atoms with Crippen LogP contribution >= 0.6 is 0 Å². The van der Waals surface area contributed by atoms with E-state index in [0.29, 0.717) is 33.9 Å².